The summed E-state index contributed by atoms with van der Waals surface area (Å²) in [6.07, 6.45) is -3.17. The first-order chi connectivity index (χ1) is 15.6. The van der Waals surface area contributed by atoms with Crippen LogP contribution in [-0.2, 0) is 11.0 Å². The molecule has 8 nitrogen and oxygen atoms in total. The van der Waals surface area contributed by atoms with Crippen molar-refractivity contribution in [3.63, 3.8) is 0 Å². The van der Waals surface area contributed by atoms with Crippen molar-refractivity contribution >= 4 is 17.2 Å². The van der Waals surface area contributed by atoms with Gasteiger partial charge < -0.3 is 19.0 Å². The molecule has 11 heteroatoms. The molecule has 0 bridgehead atoms. The predicted octanol–water partition coefficient (Wildman–Crippen LogP) is 5.18. The van der Waals surface area contributed by atoms with Crippen molar-refractivity contribution in [3.8, 4) is 29.0 Å². The topological polar surface area (TPSA) is 108 Å². The number of hydrogen-bond acceptors (Lipinski definition) is 7. The van der Waals surface area contributed by atoms with Crippen LogP contribution >= 0.6 is 0 Å². The van der Waals surface area contributed by atoms with Crippen molar-refractivity contribution < 1.29 is 37.0 Å². The third-order valence-electron chi connectivity index (χ3n) is 4.55. The number of alkyl halides is 3. The fraction of sp³-hybridized carbons (Fsp3) is 0.182. The molecule has 0 saturated heterocycles. The minimum absolute atomic E-state index is 0.0767. The van der Waals surface area contributed by atoms with Gasteiger partial charge in [-0.25, -0.2) is 14.8 Å². The van der Waals surface area contributed by atoms with Crippen LogP contribution in [0.25, 0.3) is 22.7 Å². The van der Waals surface area contributed by atoms with E-state index in [1.165, 1.54) is 18.3 Å². The predicted molar refractivity (Wildman–Crippen MR) is 109 cm³/mol. The highest BCUT2D eigenvalue weighted by Gasteiger charge is 2.30. The molecule has 33 heavy (non-hydrogen) atoms. The zero-order valence-electron chi connectivity index (χ0n) is 17.3. The summed E-state index contributed by atoms with van der Waals surface area (Å²) in [5, 5.41) is 8.81. The molecule has 2 heterocycles. The molecule has 170 valence electrons. The molecule has 4 rings (SSSR count). The highest BCUT2D eigenvalue weighted by molar-refractivity contribution is 5.73. The van der Waals surface area contributed by atoms with Crippen LogP contribution < -0.4 is 9.47 Å². The number of aryl methyl sites for hydroxylation is 2. The normalized spacial score (nSPS) is 11.5. The number of benzene rings is 2. The van der Waals surface area contributed by atoms with Crippen molar-refractivity contribution in [1.82, 2.24) is 15.0 Å². The summed E-state index contributed by atoms with van der Waals surface area (Å²) < 4.78 is 55.1. The Morgan fingerprint density at radius 3 is 2.52 bits per heavy atom. The Labute approximate surface area is 184 Å². The molecule has 0 fully saturated rings. The van der Waals surface area contributed by atoms with E-state index in [0.717, 1.165) is 12.1 Å². The average Bonchev–Trinajstić information content (AvgIpc) is 3.16. The van der Waals surface area contributed by atoms with Crippen LogP contribution in [0.1, 0.15) is 16.7 Å². The highest BCUT2D eigenvalue weighted by atomic mass is 19.4. The maximum Gasteiger partial charge on any atom is 0.416 e. The number of oxazole rings is 1. The first kappa shape index (κ1) is 22.1. The minimum atomic E-state index is -4.51. The first-order valence-corrected chi connectivity index (χ1v) is 9.55. The maximum absolute atomic E-state index is 12.9. The van der Waals surface area contributed by atoms with Crippen LogP contribution in [-0.4, -0.2) is 32.6 Å². The maximum atomic E-state index is 12.9. The van der Waals surface area contributed by atoms with Gasteiger partial charge in [-0.2, -0.15) is 18.2 Å². The Kier molecular flexibility index (Phi) is 5.62. The summed E-state index contributed by atoms with van der Waals surface area (Å²) in [5.41, 5.74) is 1.53. The third-order valence-corrected chi connectivity index (χ3v) is 4.55. The minimum Gasteiger partial charge on any atom is -0.481 e. The molecule has 0 unspecified atom stereocenters. The summed E-state index contributed by atoms with van der Waals surface area (Å²) in [6.45, 7) is 3.06. The van der Waals surface area contributed by atoms with E-state index in [2.05, 4.69) is 15.0 Å². The summed E-state index contributed by atoms with van der Waals surface area (Å²) in [5.74, 6) is -0.481. The average molecular weight is 459 g/mol. The van der Waals surface area contributed by atoms with Gasteiger partial charge in [-0.05, 0) is 55.3 Å². The molecule has 1 N–H and O–H groups in total. The SMILES string of the molecule is Cc1cc(-c2nc3cnc(Oc4cccc(C(F)(F)F)c4)nc3o2)cc(C)c1OCC(=O)O. The largest absolute Gasteiger partial charge is 0.481 e. The van der Waals surface area contributed by atoms with Gasteiger partial charge in [0.15, 0.2) is 6.61 Å². The Morgan fingerprint density at radius 2 is 1.85 bits per heavy atom. The number of carboxylic acids is 1. The Hall–Kier alpha value is -4.15. The molecule has 4 aromatic rings. The van der Waals surface area contributed by atoms with Gasteiger partial charge in [0, 0.05) is 5.56 Å². The number of aliphatic carboxylic acids is 1. The lowest BCUT2D eigenvalue weighted by atomic mass is 10.1. The lowest BCUT2D eigenvalue weighted by Gasteiger charge is -2.11. The lowest BCUT2D eigenvalue weighted by Crippen LogP contribution is -2.10. The van der Waals surface area contributed by atoms with Crippen LogP contribution in [0.2, 0.25) is 0 Å². The number of ether oxygens (including phenoxy) is 2. The summed E-state index contributed by atoms with van der Waals surface area (Å²) in [7, 11) is 0. The first-order valence-electron chi connectivity index (χ1n) is 9.55. The van der Waals surface area contributed by atoms with E-state index < -0.39 is 24.3 Å². The summed E-state index contributed by atoms with van der Waals surface area (Å²) in [6, 6.07) is 7.60. The lowest BCUT2D eigenvalue weighted by molar-refractivity contribution is -0.139. The molecule has 2 aromatic heterocycles. The second kappa shape index (κ2) is 8.41. The molecule has 0 aliphatic carbocycles. The standard InChI is InChI=1S/C22H16F3N3O5/c1-11-6-13(7-12(2)18(11)31-10-17(29)30)19-27-16-9-26-21(28-20(16)33-19)32-15-5-3-4-14(8-15)22(23,24)25/h3-9H,10H2,1-2H3,(H,29,30). The molecule has 0 aliphatic rings. The van der Waals surface area contributed by atoms with Crippen LogP contribution in [0.15, 0.2) is 47.0 Å². The Bertz CT molecular complexity index is 1330. The number of carbonyl (C=O) groups is 1. The zero-order chi connectivity index (χ0) is 23.8. The highest BCUT2D eigenvalue weighted by Crippen LogP contribution is 2.33. The van der Waals surface area contributed by atoms with Crippen LogP contribution in [0.5, 0.6) is 17.5 Å². The number of rotatable bonds is 6. The number of nitrogens with zero attached hydrogens (tertiary/aromatic N) is 3. The number of aromatic nitrogens is 3. The van der Waals surface area contributed by atoms with Crippen LogP contribution in [0.4, 0.5) is 13.2 Å². The van der Waals surface area contributed by atoms with E-state index in [4.69, 9.17) is 19.0 Å². The molecule has 0 radical (unpaired) electrons. The monoisotopic (exact) mass is 459 g/mol. The van der Waals surface area contributed by atoms with E-state index in [9.17, 15) is 18.0 Å². The fourth-order valence-corrected chi connectivity index (χ4v) is 3.17. The van der Waals surface area contributed by atoms with Gasteiger partial charge in [-0.15, -0.1) is 0 Å². The fourth-order valence-electron chi connectivity index (χ4n) is 3.17. The van der Waals surface area contributed by atoms with Crippen LogP contribution in [0, 0.1) is 13.8 Å². The smallest absolute Gasteiger partial charge is 0.416 e. The Morgan fingerprint density at radius 1 is 1.12 bits per heavy atom. The van der Waals surface area contributed by atoms with Crippen molar-refractivity contribution in [2.24, 2.45) is 0 Å². The number of carboxylic acid groups (broad SMARTS) is 1. The summed E-state index contributed by atoms with van der Waals surface area (Å²) >= 11 is 0. The molecule has 0 aliphatic heterocycles. The molecular weight excluding hydrogens is 443 g/mol. The van der Waals surface area contributed by atoms with Gasteiger partial charge in [0.2, 0.25) is 5.89 Å². The van der Waals surface area contributed by atoms with E-state index in [1.54, 1.807) is 26.0 Å². The van der Waals surface area contributed by atoms with Gasteiger partial charge >= 0.3 is 18.2 Å². The summed E-state index contributed by atoms with van der Waals surface area (Å²) in [4.78, 5) is 23.2. The van der Waals surface area contributed by atoms with Gasteiger partial charge in [0.1, 0.15) is 17.0 Å². The van der Waals surface area contributed by atoms with Crippen molar-refractivity contribution in [2.45, 2.75) is 20.0 Å². The van der Waals surface area contributed by atoms with E-state index in [0.29, 0.717) is 28.0 Å². The van der Waals surface area contributed by atoms with Gasteiger partial charge in [-0.3, -0.25) is 0 Å². The zero-order valence-corrected chi connectivity index (χ0v) is 17.3. The van der Waals surface area contributed by atoms with Gasteiger partial charge in [0.05, 0.1) is 11.8 Å². The van der Waals surface area contributed by atoms with Gasteiger partial charge in [0.25, 0.3) is 5.71 Å². The van der Waals surface area contributed by atoms with Crippen molar-refractivity contribution in [3.05, 3.63) is 59.3 Å². The Balaban J connectivity index is 1.61. The molecule has 0 saturated carbocycles. The van der Waals surface area contributed by atoms with E-state index in [1.807, 2.05) is 0 Å². The van der Waals surface area contributed by atoms with Gasteiger partial charge in [-0.1, -0.05) is 6.07 Å². The molecule has 2 aromatic carbocycles. The quantitative estimate of drug-likeness (QED) is 0.421. The second-order valence-corrected chi connectivity index (χ2v) is 7.11. The number of halogens is 3. The number of hydrogen-bond donors (Lipinski definition) is 1. The van der Waals surface area contributed by atoms with Crippen molar-refractivity contribution in [2.75, 3.05) is 6.61 Å². The molecular formula is C22H16F3N3O5. The molecule has 0 spiro atoms. The second-order valence-electron chi connectivity index (χ2n) is 7.11. The molecule has 0 atom stereocenters. The number of fused-ring (bicyclic) bond motifs is 1. The van der Waals surface area contributed by atoms with Crippen LogP contribution in [0.3, 0.4) is 0 Å². The third kappa shape index (κ3) is 4.86. The van der Waals surface area contributed by atoms with E-state index >= 15 is 0 Å². The van der Waals surface area contributed by atoms with E-state index in [-0.39, 0.29) is 23.4 Å². The molecule has 0 amide bonds. The van der Waals surface area contributed by atoms with Crippen molar-refractivity contribution in [1.29, 1.82) is 0 Å².